The summed E-state index contributed by atoms with van der Waals surface area (Å²) in [6.07, 6.45) is 0. The van der Waals surface area contributed by atoms with Gasteiger partial charge >= 0.3 is 0 Å². The highest BCUT2D eigenvalue weighted by Gasteiger charge is 2.11. The van der Waals surface area contributed by atoms with E-state index >= 15 is 0 Å². The van der Waals surface area contributed by atoms with Crippen molar-refractivity contribution < 1.29 is 9.66 Å². The van der Waals surface area contributed by atoms with Gasteiger partial charge in [0.15, 0.2) is 0 Å². The van der Waals surface area contributed by atoms with Crippen LogP contribution in [-0.4, -0.2) is 11.7 Å². The Labute approximate surface area is 111 Å². The van der Waals surface area contributed by atoms with Crippen molar-refractivity contribution >= 4 is 11.4 Å². The minimum atomic E-state index is -0.417. The smallest absolute Gasteiger partial charge is 0.292 e. The minimum absolute atomic E-state index is 0.0470. The molecule has 0 amide bonds. The van der Waals surface area contributed by atoms with Crippen LogP contribution >= 0.6 is 0 Å². The van der Waals surface area contributed by atoms with E-state index in [-0.39, 0.29) is 12.4 Å². The van der Waals surface area contributed by atoms with E-state index in [4.69, 9.17) is 4.74 Å². The fourth-order valence-electron chi connectivity index (χ4n) is 1.65. The quantitative estimate of drug-likeness (QED) is 0.374. The Morgan fingerprint density at radius 2 is 1.74 bits per heavy atom. The fourth-order valence-corrected chi connectivity index (χ4v) is 1.65. The Kier molecular flexibility index (Phi) is 4.47. The Morgan fingerprint density at radius 1 is 1.05 bits per heavy atom. The predicted molar refractivity (Wildman–Crippen MR) is 72.8 cm³/mol. The Hall–Kier alpha value is -2.40. The maximum absolute atomic E-state index is 10.8. The number of rotatable bonds is 6. The lowest BCUT2D eigenvalue weighted by Gasteiger charge is -2.08. The summed E-state index contributed by atoms with van der Waals surface area (Å²) < 4.78 is 5.42. The number of anilines is 1. The van der Waals surface area contributed by atoms with Gasteiger partial charge in [-0.05, 0) is 11.6 Å². The number of nitro groups is 1. The van der Waals surface area contributed by atoms with E-state index in [2.05, 4.69) is 5.32 Å². The summed E-state index contributed by atoms with van der Waals surface area (Å²) in [6, 6.07) is 16.2. The second kappa shape index (κ2) is 6.51. The average molecular weight is 258 g/mol. The molecule has 0 bridgehead atoms. The first-order valence-corrected chi connectivity index (χ1v) is 5.86. The molecule has 2 aromatic carbocycles. The highest BCUT2D eigenvalue weighted by atomic mass is 16.6. The van der Waals surface area contributed by atoms with E-state index in [1.54, 1.807) is 18.2 Å². The van der Waals surface area contributed by atoms with Crippen LogP contribution in [0.5, 0.6) is 0 Å². The van der Waals surface area contributed by atoms with E-state index in [9.17, 15) is 10.1 Å². The predicted octanol–water partition coefficient (Wildman–Crippen LogP) is 3.18. The van der Waals surface area contributed by atoms with Gasteiger partial charge in [-0.3, -0.25) is 10.1 Å². The van der Waals surface area contributed by atoms with Crippen LogP contribution in [0, 0.1) is 10.1 Å². The summed E-state index contributed by atoms with van der Waals surface area (Å²) >= 11 is 0. The maximum atomic E-state index is 10.8. The summed E-state index contributed by atoms with van der Waals surface area (Å²) in [5.41, 5.74) is 1.57. The van der Waals surface area contributed by atoms with E-state index in [0.717, 1.165) is 5.56 Å². The summed E-state index contributed by atoms with van der Waals surface area (Å²) in [6.45, 7) is 0.689. The van der Waals surface area contributed by atoms with Crippen molar-refractivity contribution in [2.24, 2.45) is 0 Å². The van der Waals surface area contributed by atoms with Gasteiger partial charge < -0.3 is 10.1 Å². The second-order valence-electron chi connectivity index (χ2n) is 3.93. The molecule has 0 aliphatic carbocycles. The van der Waals surface area contributed by atoms with Gasteiger partial charge in [0, 0.05) is 6.07 Å². The van der Waals surface area contributed by atoms with E-state index in [0.29, 0.717) is 12.3 Å². The molecule has 0 aliphatic rings. The van der Waals surface area contributed by atoms with Crippen LogP contribution in [-0.2, 0) is 11.3 Å². The fraction of sp³-hybridized carbons (Fsp3) is 0.143. The lowest BCUT2D eigenvalue weighted by atomic mass is 10.2. The first-order chi connectivity index (χ1) is 9.27. The van der Waals surface area contributed by atoms with Crippen LogP contribution in [0.25, 0.3) is 0 Å². The number of nitrogens with one attached hydrogen (secondary N) is 1. The van der Waals surface area contributed by atoms with Crippen molar-refractivity contribution in [3.8, 4) is 0 Å². The van der Waals surface area contributed by atoms with Crippen molar-refractivity contribution in [1.82, 2.24) is 0 Å². The first-order valence-electron chi connectivity index (χ1n) is 5.86. The Morgan fingerprint density at radius 3 is 2.47 bits per heavy atom. The zero-order valence-electron chi connectivity index (χ0n) is 10.3. The number of hydrogen-bond donors (Lipinski definition) is 1. The number of nitro benzene ring substituents is 1. The number of nitrogens with zero attached hydrogens (tertiary/aromatic N) is 1. The molecule has 0 spiro atoms. The highest BCUT2D eigenvalue weighted by Crippen LogP contribution is 2.22. The molecular weight excluding hydrogens is 244 g/mol. The van der Waals surface area contributed by atoms with Crippen molar-refractivity contribution in [2.45, 2.75) is 6.61 Å². The molecule has 0 radical (unpaired) electrons. The maximum Gasteiger partial charge on any atom is 0.292 e. The van der Waals surface area contributed by atoms with Crippen molar-refractivity contribution in [3.05, 3.63) is 70.3 Å². The molecule has 0 aliphatic heterocycles. The van der Waals surface area contributed by atoms with Gasteiger partial charge in [0.1, 0.15) is 12.4 Å². The van der Waals surface area contributed by atoms with Gasteiger partial charge in [-0.15, -0.1) is 0 Å². The molecule has 19 heavy (non-hydrogen) atoms. The van der Waals surface area contributed by atoms with Gasteiger partial charge in [-0.25, -0.2) is 0 Å². The van der Waals surface area contributed by atoms with Gasteiger partial charge in [-0.2, -0.15) is 0 Å². The third-order valence-electron chi connectivity index (χ3n) is 2.58. The summed E-state index contributed by atoms with van der Waals surface area (Å²) in [5.74, 6) is 0. The molecule has 0 unspecified atom stereocenters. The third-order valence-corrected chi connectivity index (χ3v) is 2.58. The van der Waals surface area contributed by atoms with Crippen LogP contribution in [0.1, 0.15) is 5.56 Å². The topological polar surface area (TPSA) is 64.4 Å². The van der Waals surface area contributed by atoms with Crippen LogP contribution in [0.15, 0.2) is 54.6 Å². The van der Waals surface area contributed by atoms with Crippen LogP contribution in [0.4, 0.5) is 11.4 Å². The molecule has 0 fully saturated rings. The van der Waals surface area contributed by atoms with E-state index in [1.165, 1.54) is 6.07 Å². The molecular formula is C14H14N2O3. The average Bonchev–Trinajstić information content (AvgIpc) is 2.45. The van der Waals surface area contributed by atoms with Crippen LogP contribution in [0.3, 0.4) is 0 Å². The van der Waals surface area contributed by atoms with Crippen molar-refractivity contribution in [3.63, 3.8) is 0 Å². The third kappa shape index (κ3) is 3.79. The zero-order chi connectivity index (χ0) is 13.5. The van der Waals surface area contributed by atoms with Crippen molar-refractivity contribution in [1.29, 1.82) is 0 Å². The second-order valence-corrected chi connectivity index (χ2v) is 3.93. The van der Waals surface area contributed by atoms with Crippen molar-refractivity contribution in [2.75, 3.05) is 12.0 Å². The number of benzene rings is 2. The molecule has 0 saturated carbocycles. The van der Waals surface area contributed by atoms with Gasteiger partial charge in [0.2, 0.25) is 0 Å². The largest absolute Gasteiger partial charge is 0.357 e. The molecule has 0 aromatic heterocycles. The summed E-state index contributed by atoms with van der Waals surface area (Å²) in [4.78, 5) is 10.4. The van der Waals surface area contributed by atoms with E-state index in [1.807, 2.05) is 30.3 Å². The Bertz CT molecular complexity index is 543. The number of hydrogen-bond acceptors (Lipinski definition) is 4. The molecule has 2 aromatic rings. The monoisotopic (exact) mass is 258 g/mol. The lowest BCUT2D eigenvalue weighted by molar-refractivity contribution is -0.384. The van der Waals surface area contributed by atoms with Gasteiger partial charge in [-0.1, -0.05) is 42.5 Å². The highest BCUT2D eigenvalue weighted by molar-refractivity contribution is 5.60. The molecule has 98 valence electrons. The molecule has 0 atom stereocenters. The van der Waals surface area contributed by atoms with Gasteiger partial charge in [0.05, 0.1) is 11.5 Å². The molecule has 0 saturated heterocycles. The molecule has 5 heteroatoms. The molecule has 5 nitrogen and oxygen atoms in total. The number of ether oxygens (including phenoxy) is 1. The SMILES string of the molecule is O=[N+]([O-])c1ccccc1NCOCc1ccccc1. The standard InChI is InChI=1S/C14H14N2O3/c17-16(18)14-9-5-4-8-13(14)15-11-19-10-12-6-2-1-3-7-12/h1-9,15H,10-11H2. The Balaban J connectivity index is 1.85. The zero-order valence-corrected chi connectivity index (χ0v) is 10.3. The molecule has 1 N–H and O–H groups in total. The molecule has 0 heterocycles. The first kappa shape index (κ1) is 13.0. The van der Waals surface area contributed by atoms with Crippen LogP contribution in [0.2, 0.25) is 0 Å². The van der Waals surface area contributed by atoms with E-state index < -0.39 is 4.92 Å². The minimum Gasteiger partial charge on any atom is -0.357 e. The lowest BCUT2D eigenvalue weighted by Crippen LogP contribution is -2.07. The normalized spacial score (nSPS) is 10.1. The molecule has 2 rings (SSSR count). The van der Waals surface area contributed by atoms with Crippen LogP contribution < -0.4 is 5.32 Å². The summed E-state index contributed by atoms with van der Waals surface area (Å²) in [7, 11) is 0. The number of para-hydroxylation sites is 2. The van der Waals surface area contributed by atoms with Gasteiger partial charge in [0.25, 0.3) is 5.69 Å². The summed E-state index contributed by atoms with van der Waals surface area (Å²) in [5, 5.41) is 13.7.